The fourth-order valence-electron chi connectivity index (χ4n) is 2.64. The summed E-state index contributed by atoms with van der Waals surface area (Å²) in [6.45, 7) is 12.0. The number of aryl methyl sites for hydroxylation is 2. The fraction of sp³-hybridized carbons (Fsp3) is 0.778. The van der Waals surface area contributed by atoms with Crippen LogP contribution in [0.1, 0.15) is 41.8 Å². The molecule has 0 unspecified atom stereocenters. The number of nitrogens with zero attached hydrogens (tertiary/aromatic N) is 2. The summed E-state index contributed by atoms with van der Waals surface area (Å²) in [5.41, 5.74) is 1.11. The minimum atomic E-state index is 0. The molecule has 6 nitrogen and oxygen atoms in total. The summed E-state index contributed by atoms with van der Waals surface area (Å²) in [5.74, 6) is 1.52. The first-order valence-corrected chi connectivity index (χ1v) is 10.1. The van der Waals surface area contributed by atoms with Gasteiger partial charge < -0.3 is 20.1 Å². The number of aliphatic imine (C=N–C) groups is 1. The first kappa shape index (κ1) is 23.6. The zero-order valence-electron chi connectivity index (χ0n) is 16.2. The molecule has 1 aromatic heterocycles. The maximum Gasteiger partial charge on any atom is 0.191 e. The molecular formula is C18H33IN4O2S. The summed E-state index contributed by atoms with van der Waals surface area (Å²) in [6, 6.07) is 0. The van der Waals surface area contributed by atoms with Gasteiger partial charge in [-0.3, -0.25) is 0 Å². The second-order valence-corrected chi connectivity index (χ2v) is 7.64. The summed E-state index contributed by atoms with van der Waals surface area (Å²) in [6.07, 6.45) is 3.24. The molecule has 0 spiro atoms. The molecule has 1 aromatic rings. The van der Waals surface area contributed by atoms with Crippen LogP contribution in [0.2, 0.25) is 0 Å². The van der Waals surface area contributed by atoms with Crippen molar-refractivity contribution in [3.8, 4) is 0 Å². The van der Waals surface area contributed by atoms with E-state index in [2.05, 4.69) is 34.5 Å². The van der Waals surface area contributed by atoms with E-state index in [0.29, 0.717) is 12.5 Å². The highest BCUT2D eigenvalue weighted by atomic mass is 127. The van der Waals surface area contributed by atoms with Gasteiger partial charge in [0.2, 0.25) is 0 Å². The number of ether oxygens (including phenoxy) is 2. The second-order valence-electron chi connectivity index (χ2n) is 6.36. The van der Waals surface area contributed by atoms with Gasteiger partial charge in [0.1, 0.15) is 5.01 Å². The van der Waals surface area contributed by atoms with Crippen molar-refractivity contribution in [2.75, 3.05) is 39.5 Å². The van der Waals surface area contributed by atoms with Gasteiger partial charge in [-0.05, 0) is 46.0 Å². The van der Waals surface area contributed by atoms with E-state index in [1.807, 2.05) is 6.92 Å². The molecule has 26 heavy (non-hydrogen) atoms. The molecule has 0 aliphatic carbocycles. The van der Waals surface area contributed by atoms with Gasteiger partial charge in [-0.2, -0.15) is 0 Å². The molecule has 1 aliphatic heterocycles. The number of rotatable bonds is 9. The van der Waals surface area contributed by atoms with Crippen molar-refractivity contribution >= 4 is 41.3 Å². The van der Waals surface area contributed by atoms with Gasteiger partial charge in [0.05, 0.1) is 12.2 Å². The minimum absolute atomic E-state index is 0. The van der Waals surface area contributed by atoms with Crippen LogP contribution in [0.5, 0.6) is 0 Å². The zero-order chi connectivity index (χ0) is 17.9. The van der Waals surface area contributed by atoms with E-state index >= 15 is 0 Å². The average Bonchev–Trinajstić information content (AvgIpc) is 2.94. The topological polar surface area (TPSA) is 67.8 Å². The molecule has 0 saturated carbocycles. The van der Waals surface area contributed by atoms with Crippen LogP contribution in [-0.4, -0.2) is 50.5 Å². The molecule has 2 rings (SSSR count). The molecule has 150 valence electrons. The van der Waals surface area contributed by atoms with Crippen molar-refractivity contribution in [3.05, 3.63) is 15.6 Å². The molecule has 2 heterocycles. The number of nitrogens with one attached hydrogen (secondary N) is 2. The molecule has 1 saturated heterocycles. The molecule has 1 aliphatic rings. The number of aromatic nitrogens is 1. The third kappa shape index (κ3) is 8.96. The molecule has 0 amide bonds. The molecule has 0 atom stereocenters. The Hall–Kier alpha value is -0.450. The second kappa shape index (κ2) is 13.7. The lowest BCUT2D eigenvalue weighted by molar-refractivity contribution is 0.0203. The highest BCUT2D eigenvalue weighted by Gasteiger charge is 2.13. The zero-order valence-corrected chi connectivity index (χ0v) is 19.3. The summed E-state index contributed by atoms with van der Waals surface area (Å²) < 4.78 is 11.2. The van der Waals surface area contributed by atoms with Crippen molar-refractivity contribution in [2.24, 2.45) is 10.9 Å². The van der Waals surface area contributed by atoms with E-state index in [1.165, 1.54) is 4.88 Å². The van der Waals surface area contributed by atoms with E-state index in [0.717, 1.165) is 75.4 Å². The Morgan fingerprint density at radius 2 is 2.08 bits per heavy atom. The molecule has 0 bridgehead atoms. The maximum atomic E-state index is 5.80. The van der Waals surface area contributed by atoms with Crippen molar-refractivity contribution in [3.63, 3.8) is 0 Å². The van der Waals surface area contributed by atoms with E-state index < -0.39 is 0 Å². The van der Waals surface area contributed by atoms with E-state index in [-0.39, 0.29) is 24.0 Å². The standard InChI is InChI=1S/C18H32N4O2S.HI/c1-4-19-18(21-12-17-22-14(2)15(3)25-17)20-8-5-9-24-13-16-6-10-23-11-7-16;/h16H,4-13H2,1-3H3,(H2,19,20,21);1H. The van der Waals surface area contributed by atoms with Crippen LogP contribution in [0.4, 0.5) is 0 Å². The number of hydrogen-bond donors (Lipinski definition) is 2. The normalized spacial score (nSPS) is 15.6. The van der Waals surface area contributed by atoms with Crippen LogP contribution in [0.15, 0.2) is 4.99 Å². The quantitative estimate of drug-likeness (QED) is 0.238. The Balaban J connectivity index is 0.00000338. The summed E-state index contributed by atoms with van der Waals surface area (Å²) in [4.78, 5) is 10.4. The van der Waals surface area contributed by atoms with Crippen LogP contribution < -0.4 is 10.6 Å². The largest absolute Gasteiger partial charge is 0.381 e. The lowest BCUT2D eigenvalue weighted by Gasteiger charge is -2.21. The first-order chi connectivity index (χ1) is 12.2. The Bertz CT molecular complexity index is 514. The fourth-order valence-corrected chi connectivity index (χ4v) is 3.50. The van der Waals surface area contributed by atoms with Gasteiger partial charge in [0, 0.05) is 44.4 Å². The predicted octanol–water partition coefficient (Wildman–Crippen LogP) is 3.27. The monoisotopic (exact) mass is 496 g/mol. The van der Waals surface area contributed by atoms with E-state index in [4.69, 9.17) is 9.47 Å². The molecule has 2 N–H and O–H groups in total. The van der Waals surface area contributed by atoms with Crippen molar-refractivity contribution in [2.45, 2.75) is 46.6 Å². The lowest BCUT2D eigenvalue weighted by Crippen LogP contribution is -2.38. The Labute approximate surface area is 178 Å². The van der Waals surface area contributed by atoms with Gasteiger partial charge in [0.25, 0.3) is 0 Å². The summed E-state index contributed by atoms with van der Waals surface area (Å²) >= 11 is 1.72. The summed E-state index contributed by atoms with van der Waals surface area (Å²) in [7, 11) is 0. The minimum Gasteiger partial charge on any atom is -0.381 e. The number of halogens is 1. The molecule has 0 aromatic carbocycles. The van der Waals surface area contributed by atoms with E-state index in [1.54, 1.807) is 11.3 Å². The number of hydrogen-bond acceptors (Lipinski definition) is 5. The SMILES string of the molecule is CCNC(=NCc1nc(C)c(C)s1)NCCCOCC1CCOCC1.I. The maximum absolute atomic E-state index is 5.80. The van der Waals surface area contributed by atoms with Gasteiger partial charge in [0.15, 0.2) is 5.96 Å². The van der Waals surface area contributed by atoms with Crippen LogP contribution >= 0.6 is 35.3 Å². The van der Waals surface area contributed by atoms with Crippen LogP contribution in [-0.2, 0) is 16.0 Å². The smallest absolute Gasteiger partial charge is 0.191 e. The van der Waals surface area contributed by atoms with Crippen LogP contribution in [0.3, 0.4) is 0 Å². The van der Waals surface area contributed by atoms with Crippen LogP contribution in [0.25, 0.3) is 0 Å². The highest BCUT2D eigenvalue weighted by molar-refractivity contribution is 14.0. The Kier molecular flexibility index (Phi) is 12.4. The lowest BCUT2D eigenvalue weighted by atomic mass is 10.0. The van der Waals surface area contributed by atoms with Gasteiger partial charge >= 0.3 is 0 Å². The van der Waals surface area contributed by atoms with Gasteiger partial charge in [-0.15, -0.1) is 35.3 Å². The molecule has 1 fully saturated rings. The third-order valence-electron chi connectivity index (χ3n) is 4.24. The molecule has 8 heteroatoms. The van der Waals surface area contributed by atoms with Gasteiger partial charge in [-0.1, -0.05) is 0 Å². The number of thiazole rings is 1. The first-order valence-electron chi connectivity index (χ1n) is 9.29. The van der Waals surface area contributed by atoms with E-state index in [9.17, 15) is 0 Å². The van der Waals surface area contributed by atoms with Crippen molar-refractivity contribution in [1.29, 1.82) is 0 Å². The van der Waals surface area contributed by atoms with Crippen molar-refractivity contribution in [1.82, 2.24) is 15.6 Å². The van der Waals surface area contributed by atoms with Crippen molar-refractivity contribution < 1.29 is 9.47 Å². The highest BCUT2D eigenvalue weighted by Crippen LogP contribution is 2.17. The summed E-state index contributed by atoms with van der Waals surface area (Å²) in [5, 5.41) is 7.71. The van der Waals surface area contributed by atoms with Crippen LogP contribution in [0, 0.1) is 19.8 Å². The average molecular weight is 496 g/mol. The third-order valence-corrected chi connectivity index (χ3v) is 5.30. The number of guanidine groups is 1. The molecule has 0 radical (unpaired) electrons. The van der Waals surface area contributed by atoms with Gasteiger partial charge in [-0.25, -0.2) is 9.98 Å². The Morgan fingerprint density at radius 3 is 2.73 bits per heavy atom. The Morgan fingerprint density at radius 1 is 1.31 bits per heavy atom. The predicted molar refractivity (Wildman–Crippen MR) is 119 cm³/mol. The molecular weight excluding hydrogens is 463 g/mol.